The van der Waals surface area contributed by atoms with Crippen LogP contribution in [-0.4, -0.2) is 13.0 Å². The lowest BCUT2D eigenvalue weighted by Gasteiger charge is -2.09. The van der Waals surface area contributed by atoms with Crippen molar-refractivity contribution in [1.29, 1.82) is 0 Å². The third-order valence-electron chi connectivity index (χ3n) is 2.84. The van der Waals surface area contributed by atoms with Crippen molar-refractivity contribution in [2.45, 2.75) is 6.42 Å². The molecule has 0 radical (unpaired) electrons. The number of amides is 1. The SMILES string of the molecule is COc1cc(NC(=O)Cc2ccccc2N)ccc1Cl. The fourth-order valence-electron chi connectivity index (χ4n) is 1.81. The van der Waals surface area contributed by atoms with E-state index in [1.54, 1.807) is 24.3 Å². The molecule has 2 aromatic rings. The van der Waals surface area contributed by atoms with E-state index < -0.39 is 0 Å². The minimum Gasteiger partial charge on any atom is -0.495 e. The van der Waals surface area contributed by atoms with E-state index in [1.807, 2.05) is 18.2 Å². The van der Waals surface area contributed by atoms with E-state index in [1.165, 1.54) is 7.11 Å². The molecule has 0 aliphatic carbocycles. The van der Waals surface area contributed by atoms with Gasteiger partial charge >= 0.3 is 0 Å². The fraction of sp³-hybridized carbons (Fsp3) is 0.133. The summed E-state index contributed by atoms with van der Waals surface area (Å²) in [4.78, 5) is 12.0. The predicted octanol–water partition coefficient (Wildman–Crippen LogP) is 3.11. The molecule has 104 valence electrons. The van der Waals surface area contributed by atoms with Crippen LogP contribution in [0.4, 0.5) is 11.4 Å². The summed E-state index contributed by atoms with van der Waals surface area (Å²) in [5.41, 5.74) is 7.85. The minimum absolute atomic E-state index is 0.146. The van der Waals surface area contributed by atoms with Crippen LogP contribution in [0.15, 0.2) is 42.5 Å². The Morgan fingerprint density at radius 1 is 1.30 bits per heavy atom. The number of hydrogen-bond donors (Lipinski definition) is 2. The molecule has 0 aliphatic rings. The maximum Gasteiger partial charge on any atom is 0.228 e. The number of nitrogen functional groups attached to an aromatic ring is 1. The first-order chi connectivity index (χ1) is 9.60. The number of nitrogens with two attached hydrogens (primary N) is 1. The quantitative estimate of drug-likeness (QED) is 0.850. The zero-order chi connectivity index (χ0) is 14.5. The number of benzene rings is 2. The van der Waals surface area contributed by atoms with Gasteiger partial charge in [-0.3, -0.25) is 4.79 Å². The molecule has 0 aliphatic heterocycles. The first-order valence-electron chi connectivity index (χ1n) is 6.07. The van der Waals surface area contributed by atoms with E-state index in [4.69, 9.17) is 22.1 Å². The molecular formula is C15H15ClN2O2. The van der Waals surface area contributed by atoms with Gasteiger partial charge in [0.15, 0.2) is 0 Å². The molecule has 0 unspecified atom stereocenters. The number of rotatable bonds is 4. The molecule has 0 fully saturated rings. The van der Waals surface area contributed by atoms with Crippen molar-refractivity contribution in [3.8, 4) is 5.75 Å². The van der Waals surface area contributed by atoms with Crippen molar-refractivity contribution in [2.24, 2.45) is 0 Å². The third-order valence-corrected chi connectivity index (χ3v) is 3.15. The van der Waals surface area contributed by atoms with E-state index in [0.29, 0.717) is 22.1 Å². The van der Waals surface area contributed by atoms with Crippen LogP contribution in [0.25, 0.3) is 0 Å². The van der Waals surface area contributed by atoms with E-state index in [9.17, 15) is 4.79 Å². The largest absolute Gasteiger partial charge is 0.495 e. The molecule has 0 spiro atoms. The Balaban J connectivity index is 2.07. The number of ether oxygens (including phenoxy) is 1. The second kappa shape index (κ2) is 6.30. The summed E-state index contributed by atoms with van der Waals surface area (Å²) >= 11 is 5.93. The molecule has 5 heteroatoms. The first kappa shape index (κ1) is 14.2. The molecule has 4 nitrogen and oxygen atoms in total. The number of carbonyl (C=O) groups is 1. The number of methoxy groups -OCH3 is 1. The molecule has 0 atom stereocenters. The Bertz CT molecular complexity index is 629. The molecule has 3 N–H and O–H groups in total. The maximum absolute atomic E-state index is 12.0. The van der Waals surface area contributed by atoms with Crippen LogP contribution in [0.3, 0.4) is 0 Å². The van der Waals surface area contributed by atoms with Gasteiger partial charge < -0.3 is 15.8 Å². The second-order valence-corrected chi connectivity index (χ2v) is 4.68. The Morgan fingerprint density at radius 3 is 2.75 bits per heavy atom. The van der Waals surface area contributed by atoms with Gasteiger partial charge in [0, 0.05) is 17.4 Å². The number of nitrogens with one attached hydrogen (secondary N) is 1. The average Bonchev–Trinajstić information content (AvgIpc) is 2.43. The monoisotopic (exact) mass is 290 g/mol. The molecule has 2 aromatic carbocycles. The van der Waals surface area contributed by atoms with Crippen LogP contribution in [0, 0.1) is 0 Å². The van der Waals surface area contributed by atoms with Gasteiger partial charge in [-0.2, -0.15) is 0 Å². The van der Waals surface area contributed by atoms with Gasteiger partial charge in [0.2, 0.25) is 5.91 Å². The van der Waals surface area contributed by atoms with E-state index in [2.05, 4.69) is 5.32 Å². The summed E-state index contributed by atoms with van der Waals surface area (Å²) in [5.74, 6) is 0.371. The van der Waals surface area contributed by atoms with Crippen molar-refractivity contribution < 1.29 is 9.53 Å². The topological polar surface area (TPSA) is 64.3 Å². The van der Waals surface area contributed by atoms with Crippen molar-refractivity contribution in [3.63, 3.8) is 0 Å². The molecule has 0 bridgehead atoms. The molecule has 0 saturated carbocycles. The van der Waals surface area contributed by atoms with Gasteiger partial charge in [0.05, 0.1) is 18.6 Å². The van der Waals surface area contributed by atoms with Gasteiger partial charge in [0.1, 0.15) is 5.75 Å². The molecule has 0 aromatic heterocycles. The summed E-state index contributed by atoms with van der Waals surface area (Å²) in [6.45, 7) is 0. The summed E-state index contributed by atoms with van der Waals surface area (Å²) in [6, 6.07) is 12.4. The first-order valence-corrected chi connectivity index (χ1v) is 6.44. The summed E-state index contributed by atoms with van der Waals surface area (Å²) in [6.07, 6.45) is 0.220. The van der Waals surface area contributed by atoms with E-state index in [0.717, 1.165) is 5.56 Å². The highest BCUT2D eigenvalue weighted by molar-refractivity contribution is 6.32. The highest BCUT2D eigenvalue weighted by atomic mass is 35.5. The molecular weight excluding hydrogens is 276 g/mol. The van der Waals surface area contributed by atoms with Crippen LogP contribution < -0.4 is 15.8 Å². The lowest BCUT2D eigenvalue weighted by molar-refractivity contribution is -0.115. The van der Waals surface area contributed by atoms with Gasteiger partial charge in [-0.05, 0) is 23.8 Å². The molecule has 0 heterocycles. The number of anilines is 2. The Morgan fingerprint density at radius 2 is 2.05 bits per heavy atom. The summed E-state index contributed by atoms with van der Waals surface area (Å²) in [5, 5.41) is 3.28. The Labute approximate surface area is 122 Å². The average molecular weight is 291 g/mol. The second-order valence-electron chi connectivity index (χ2n) is 4.27. The standard InChI is InChI=1S/C15H15ClN2O2/c1-20-14-9-11(6-7-12(14)16)18-15(19)8-10-4-2-3-5-13(10)17/h2-7,9H,8,17H2,1H3,(H,18,19). The number of hydrogen-bond acceptors (Lipinski definition) is 3. The summed E-state index contributed by atoms with van der Waals surface area (Å²) in [7, 11) is 1.53. The summed E-state index contributed by atoms with van der Waals surface area (Å²) < 4.78 is 5.10. The van der Waals surface area contributed by atoms with Crippen molar-refractivity contribution in [3.05, 3.63) is 53.1 Å². The Kier molecular flexibility index (Phi) is 4.48. The van der Waals surface area contributed by atoms with Crippen LogP contribution in [0.2, 0.25) is 5.02 Å². The highest BCUT2D eigenvalue weighted by Gasteiger charge is 2.08. The van der Waals surface area contributed by atoms with E-state index >= 15 is 0 Å². The van der Waals surface area contributed by atoms with Crippen LogP contribution in [-0.2, 0) is 11.2 Å². The van der Waals surface area contributed by atoms with Gasteiger partial charge in [0.25, 0.3) is 0 Å². The highest BCUT2D eigenvalue weighted by Crippen LogP contribution is 2.27. The lowest BCUT2D eigenvalue weighted by Crippen LogP contribution is -2.15. The zero-order valence-electron chi connectivity index (χ0n) is 11.0. The van der Waals surface area contributed by atoms with Gasteiger partial charge in [-0.25, -0.2) is 0 Å². The number of para-hydroxylation sites is 1. The maximum atomic E-state index is 12.0. The van der Waals surface area contributed by atoms with Crippen molar-refractivity contribution in [2.75, 3.05) is 18.2 Å². The zero-order valence-corrected chi connectivity index (χ0v) is 11.8. The van der Waals surface area contributed by atoms with Gasteiger partial charge in [-0.1, -0.05) is 29.8 Å². The van der Waals surface area contributed by atoms with Crippen LogP contribution in [0.1, 0.15) is 5.56 Å². The molecule has 0 saturated heterocycles. The molecule has 2 rings (SSSR count). The lowest BCUT2D eigenvalue weighted by atomic mass is 10.1. The molecule has 20 heavy (non-hydrogen) atoms. The van der Waals surface area contributed by atoms with Gasteiger partial charge in [-0.15, -0.1) is 0 Å². The fourth-order valence-corrected chi connectivity index (χ4v) is 2.01. The van der Waals surface area contributed by atoms with Crippen LogP contribution >= 0.6 is 11.6 Å². The normalized spacial score (nSPS) is 10.1. The van der Waals surface area contributed by atoms with E-state index in [-0.39, 0.29) is 12.3 Å². The van der Waals surface area contributed by atoms with Crippen LogP contribution in [0.5, 0.6) is 5.75 Å². The number of halogens is 1. The Hall–Kier alpha value is -2.20. The third kappa shape index (κ3) is 3.42. The smallest absolute Gasteiger partial charge is 0.228 e. The van der Waals surface area contributed by atoms with Crippen molar-refractivity contribution >= 4 is 28.9 Å². The molecule has 1 amide bonds. The number of carbonyl (C=O) groups excluding carboxylic acids is 1. The van der Waals surface area contributed by atoms with Crippen molar-refractivity contribution in [1.82, 2.24) is 0 Å². The minimum atomic E-state index is -0.146. The predicted molar refractivity (Wildman–Crippen MR) is 81.2 cm³/mol.